The van der Waals surface area contributed by atoms with Crippen molar-refractivity contribution in [3.05, 3.63) is 173 Å². The molecule has 0 radical (unpaired) electrons. The number of hydrogen-bond acceptors (Lipinski definition) is 2. The molecule has 276 valence electrons. The molecule has 0 aromatic heterocycles. The molecule has 0 N–H and O–H groups in total. The summed E-state index contributed by atoms with van der Waals surface area (Å²) in [5, 5.41) is 8.09. The van der Waals surface area contributed by atoms with Crippen molar-refractivity contribution in [1.82, 2.24) is 4.90 Å². The van der Waals surface area contributed by atoms with Gasteiger partial charge in [0.25, 0.3) is 0 Å². The minimum Gasteiger partial charge on any atom is -0.372 e. The van der Waals surface area contributed by atoms with Crippen LogP contribution in [-0.2, 0) is 0 Å². The Morgan fingerprint density at radius 3 is 1.96 bits per heavy atom. The van der Waals surface area contributed by atoms with E-state index >= 15 is 0 Å². The quantitative estimate of drug-likeness (QED) is 0.151. The summed E-state index contributed by atoms with van der Waals surface area (Å²) in [5.41, 5.74) is 11.6. The lowest BCUT2D eigenvalue weighted by molar-refractivity contribution is 0.201. The van der Waals surface area contributed by atoms with Crippen LogP contribution < -0.4 is 15.3 Å². The Balaban J connectivity index is 1.25. The summed E-state index contributed by atoms with van der Waals surface area (Å²) >= 11 is 0. The summed E-state index contributed by atoms with van der Waals surface area (Å²) in [6.07, 6.45) is 16.5. The Morgan fingerprint density at radius 2 is 1.20 bits per heavy atom. The van der Waals surface area contributed by atoms with Gasteiger partial charge in [0.2, 0.25) is 0 Å². The van der Waals surface area contributed by atoms with Gasteiger partial charge in [0, 0.05) is 24.8 Å². The third kappa shape index (κ3) is 6.67. The molecule has 3 aliphatic rings. The molecule has 0 amide bonds. The van der Waals surface area contributed by atoms with Gasteiger partial charge < -0.3 is 4.90 Å². The second-order valence-electron chi connectivity index (χ2n) is 16.1. The van der Waals surface area contributed by atoms with Crippen molar-refractivity contribution in [2.45, 2.75) is 51.0 Å². The van der Waals surface area contributed by atoms with Gasteiger partial charge >= 0.3 is 0 Å². The van der Waals surface area contributed by atoms with E-state index < -0.39 is 0 Å². The molecule has 7 aromatic carbocycles. The molecule has 2 saturated heterocycles. The third-order valence-electron chi connectivity index (χ3n) is 12.6. The van der Waals surface area contributed by atoms with Crippen LogP contribution in [0.2, 0.25) is 0 Å². The van der Waals surface area contributed by atoms with Gasteiger partial charge in [-0.3, -0.25) is 4.90 Å². The first kappa shape index (κ1) is 34.8. The van der Waals surface area contributed by atoms with Gasteiger partial charge in [-0.15, -0.1) is 0 Å². The standard InChI is InChI=1S/C54H50N2/c1-5-18-41(19-6-1)50(42-20-7-2-8-21-42)36-39-17-15-24-43(35-39)53-48-29-27-45(56-33-13-4-14-34-56)38-52(48)54(47-26-16-23-40-22-9-10-25-46(40)47)49-30-28-44(37-51(49)53)55-31-11-3-12-32-55/h1-2,5-10,15-27,29-30,35-38,44H,3-4,11-14,28,31-34H2. The molecule has 7 aromatic rings. The van der Waals surface area contributed by atoms with E-state index in [2.05, 4.69) is 174 Å². The zero-order valence-electron chi connectivity index (χ0n) is 32.3. The maximum absolute atomic E-state index is 2.75. The molecule has 2 aliphatic heterocycles. The number of nitrogens with zero attached hydrogens (tertiary/aromatic N) is 2. The smallest absolute Gasteiger partial charge is 0.0372 e. The zero-order chi connectivity index (χ0) is 37.3. The normalized spacial score (nSPS) is 17.2. The van der Waals surface area contributed by atoms with E-state index in [9.17, 15) is 0 Å². The van der Waals surface area contributed by atoms with Gasteiger partial charge in [-0.05, 0) is 152 Å². The van der Waals surface area contributed by atoms with Crippen LogP contribution in [-0.4, -0.2) is 37.1 Å². The van der Waals surface area contributed by atoms with Crippen molar-refractivity contribution in [3.8, 4) is 22.3 Å². The Morgan fingerprint density at radius 1 is 0.518 bits per heavy atom. The van der Waals surface area contributed by atoms with Crippen LogP contribution in [0.5, 0.6) is 0 Å². The molecular weight excluding hydrogens is 677 g/mol. The molecule has 10 rings (SSSR count). The minimum absolute atomic E-state index is 0.401. The Hall–Kier alpha value is -5.70. The van der Waals surface area contributed by atoms with E-state index in [0.717, 1.165) is 19.5 Å². The lowest BCUT2D eigenvalue weighted by Crippen LogP contribution is -2.43. The molecule has 0 spiro atoms. The van der Waals surface area contributed by atoms with Gasteiger partial charge in [-0.2, -0.15) is 0 Å². The first-order valence-electron chi connectivity index (χ1n) is 21.0. The van der Waals surface area contributed by atoms with E-state index in [1.165, 1.54) is 134 Å². The highest BCUT2D eigenvalue weighted by atomic mass is 15.2. The Bertz CT molecular complexity index is 2630. The maximum Gasteiger partial charge on any atom is 0.0372 e. The summed E-state index contributed by atoms with van der Waals surface area (Å²) in [5.74, 6) is 0. The SMILES string of the molecule is C(=C(c1ccccc1)c1ccccc1)c1cccc(-c2c3c(c(-c4cccc5ccccc45)c4cc(N5CCCCC5)ccc24)=CCC(N2CCCCC2)C=3)c1. The number of fused-ring (bicyclic) bond motifs is 3. The molecule has 2 heteroatoms. The summed E-state index contributed by atoms with van der Waals surface area (Å²) in [6.45, 7) is 4.63. The molecule has 2 fully saturated rings. The third-order valence-corrected chi connectivity index (χ3v) is 12.6. The first-order valence-corrected chi connectivity index (χ1v) is 21.0. The van der Waals surface area contributed by atoms with Crippen molar-refractivity contribution < 1.29 is 0 Å². The zero-order valence-corrected chi connectivity index (χ0v) is 32.3. The molecule has 2 nitrogen and oxygen atoms in total. The molecule has 1 atom stereocenters. The van der Waals surface area contributed by atoms with Crippen LogP contribution in [0.1, 0.15) is 61.6 Å². The highest BCUT2D eigenvalue weighted by Gasteiger charge is 2.24. The van der Waals surface area contributed by atoms with E-state index in [0.29, 0.717) is 6.04 Å². The highest BCUT2D eigenvalue weighted by molar-refractivity contribution is 6.11. The Kier molecular flexibility index (Phi) is 9.59. The van der Waals surface area contributed by atoms with Gasteiger partial charge in [0.1, 0.15) is 0 Å². The lowest BCUT2D eigenvalue weighted by atomic mass is 9.83. The van der Waals surface area contributed by atoms with Crippen LogP contribution in [0, 0.1) is 0 Å². The van der Waals surface area contributed by atoms with E-state index in [1.54, 1.807) is 0 Å². The first-order chi connectivity index (χ1) is 27.8. The van der Waals surface area contributed by atoms with Crippen LogP contribution in [0.4, 0.5) is 5.69 Å². The average Bonchev–Trinajstić information content (AvgIpc) is 3.28. The number of benzene rings is 7. The van der Waals surface area contributed by atoms with Crippen molar-refractivity contribution in [2.75, 3.05) is 31.1 Å². The fourth-order valence-corrected chi connectivity index (χ4v) is 9.82. The lowest BCUT2D eigenvalue weighted by Gasteiger charge is -2.34. The van der Waals surface area contributed by atoms with Crippen molar-refractivity contribution in [3.63, 3.8) is 0 Å². The number of likely N-dealkylation sites (tertiary alicyclic amines) is 1. The molecule has 2 heterocycles. The molecule has 1 unspecified atom stereocenters. The van der Waals surface area contributed by atoms with Gasteiger partial charge in [0.15, 0.2) is 0 Å². The second kappa shape index (κ2) is 15.4. The van der Waals surface area contributed by atoms with E-state index in [1.807, 2.05) is 0 Å². The maximum atomic E-state index is 2.75. The number of rotatable bonds is 7. The summed E-state index contributed by atoms with van der Waals surface area (Å²) in [4.78, 5) is 5.37. The fourth-order valence-electron chi connectivity index (χ4n) is 9.82. The van der Waals surface area contributed by atoms with Crippen LogP contribution >= 0.6 is 0 Å². The monoisotopic (exact) mass is 726 g/mol. The average molecular weight is 727 g/mol. The topological polar surface area (TPSA) is 6.48 Å². The van der Waals surface area contributed by atoms with Gasteiger partial charge in [-0.25, -0.2) is 0 Å². The summed E-state index contributed by atoms with van der Waals surface area (Å²) < 4.78 is 0. The van der Waals surface area contributed by atoms with Crippen LogP contribution in [0.3, 0.4) is 0 Å². The number of hydrogen-bond donors (Lipinski definition) is 0. The molecule has 56 heavy (non-hydrogen) atoms. The van der Waals surface area contributed by atoms with E-state index in [4.69, 9.17) is 0 Å². The van der Waals surface area contributed by atoms with Crippen molar-refractivity contribution >= 4 is 51.0 Å². The van der Waals surface area contributed by atoms with Crippen molar-refractivity contribution in [2.24, 2.45) is 0 Å². The number of anilines is 1. The molecule has 0 bridgehead atoms. The van der Waals surface area contributed by atoms with Gasteiger partial charge in [0.05, 0.1) is 0 Å². The predicted molar refractivity (Wildman–Crippen MR) is 240 cm³/mol. The van der Waals surface area contributed by atoms with Gasteiger partial charge in [-0.1, -0.05) is 146 Å². The summed E-state index contributed by atoms with van der Waals surface area (Å²) in [7, 11) is 0. The fraction of sp³-hybridized carbons (Fsp3) is 0.222. The molecular formula is C54H50N2. The second-order valence-corrected chi connectivity index (χ2v) is 16.1. The predicted octanol–water partition coefficient (Wildman–Crippen LogP) is 11.7. The summed E-state index contributed by atoms with van der Waals surface area (Å²) in [6, 6.07) is 54.7. The molecule has 1 aliphatic carbocycles. The molecule has 0 saturated carbocycles. The highest BCUT2D eigenvalue weighted by Crippen LogP contribution is 2.38. The Labute approximate surface area is 331 Å². The van der Waals surface area contributed by atoms with Crippen molar-refractivity contribution in [1.29, 1.82) is 0 Å². The van der Waals surface area contributed by atoms with Crippen LogP contribution in [0.15, 0.2) is 146 Å². The largest absolute Gasteiger partial charge is 0.372 e. The van der Waals surface area contributed by atoms with E-state index in [-0.39, 0.29) is 0 Å². The minimum atomic E-state index is 0.401. The number of piperidine rings is 2. The van der Waals surface area contributed by atoms with Crippen LogP contribution in [0.25, 0.3) is 67.6 Å².